The Labute approximate surface area is 145 Å². The standard InChI is InChI=1S/C19H21F2NO3/c1-4-14-6-7-15(16(10-14)22-19(23)25-18(20)21)11-24-17-8-5-12(2)9-13(17)3/h5-10,18H,4,11H2,1-3H3,(H,22,23). The summed E-state index contributed by atoms with van der Waals surface area (Å²) in [5.41, 5.74) is 4.16. The van der Waals surface area contributed by atoms with E-state index >= 15 is 0 Å². The Morgan fingerprint density at radius 3 is 2.56 bits per heavy atom. The van der Waals surface area contributed by atoms with E-state index in [1.165, 1.54) is 0 Å². The zero-order chi connectivity index (χ0) is 18.4. The Hall–Kier alpha value is -2.63. The lowest BCUT2D eigenvalue weighted by Crippen LogP contribution is -2.18. The summed E-state index contributed by atoms with van der Waals surface area (Å²) in [5.74, 6) is 0.728. The highest BCUT2D eigenvalue weighted by molar-refractivity contribution is 5.85. The highest BCUT2D eigenvalue weighted by Crippen LogP contribution is 2.24. The van der Waals surface area contributed by atoms with Crippen LogP contribution >= 0.6 is 0 Å². The van der Waals surface area contributed by atoms with Crippen molar-refractivity contribution in [2.75, 3.05) is 5.32 Å². The van der Waals surface area contributed by atoms with Crippen molar-refractivity contribution in [1.29, 1.82) is 0 Å². The van der Waals surface area contributed by atoms with E-state index in [0.29, 0.717) is 11.3 Å². The summed E-state index contributed by atoms with van der Waals surface area (Å²) in [4.78, 5) is 11.5. The van der Waals surface area contributed by atoms with Gasteiger partial charge in [-0.1, -0.05) is 36.8 Å². The molecule has 2 rings (SSSR count). The van der Waals surface area contributed by atoms with Gasteiger partial charge in [-0.25, -0.2) is 4.79 Å². The Morgan fingerprint density at radius 2 is 1.92 bits per heavy atom. The smallest absolute Gasteiger partial charge is 0.416 e. The summed E-state index contributed by atoms with van der Waals surface area (Å²) in [6, 6.07) is 11.3. The third kappa shape index (κ3) is 5.45. The quantitative estimate of drug-likeness (QED) is 0.778. The van der Waals surface area contributed by atoms with Crippen LogP contribution in [-0.2, 0) is 17.8 Å². The maximum atomic E-state index is 12.2. The van der Waals surface area contributed by atoms with Crippen molar-refractivity contribution in [1.82, 2.24) is 0 Å². The summed E-state index contributed by atoms with van der Waals surface area (Å²) in [7, 11) is 0. The number of alkyl halides is 2. The first-order valence-corrected chi connectivity index (χ1v) is 7.96. The fourth-order valence-electron chi connectivity index (χ4n) is 2.42. The average molecular weight is 349 g/mol. The van der Waals surface area contributed by atoms with Crippen molar-refractivity contribution in [2.24, 2.45) is 0 Å². The molecule has 2 aromatic rings. The van der Waals surface area contributed by atoms with Gasteiger partial charge in [-0.05, 0) is 43.5 Å². The number of carbonyl (C=O) groups is 1. The van der Waals surface area contributed by atoms with Gasteiger partial charge in [-0.3, -0.25) is 5.32 Å². The maximum Gasteiger partial charge on any atom is 0.416 e. The lowest BCUT2D eigenvalue weighted by molar-refractivity contribution is -0.0766. The molecule has 2 aromatic carbocycles. The van der Waals surface area contributed by atoms with Crippen LogP contribution < -0.4 is 10.1 Å². The lowest BCUT2D eigenvalue weighted by atomic mass is 10.1. The lowest BCUT2D eigenvalue weighted by Gasteiger charge is -2.15. The Morgan fingerprint density at radius 1 is 1.16 bits per heavy atom. The number of carbonyl (C=O) groups excluding carboxylic acids is 1. The van der Waals surface area contributed by atoms with E-state index in [1.54, 1.807) is 12.1 Å². The van der Waals surface area contributed by atoms with Gasteiger partial charge in [0.1, 0.15) is 12.4 Å². The Kier molecular flexibility index (Phi) is 6.33. The maximum absolute atomic E-state index is 12.2. The van der Waals surface area contributed by atoms with Crippen LogP contribution in [0.1, 0.15) is 29.2 Å². The fourth-order valence-corrected chi connectivity index (χ4v) is 2.42. The van der Waals surface area contributed by atoms with Gasteiger partial charge in [-0.2, -0.15) is 8.78 Å². The minimum atomic E-state index is -3.16. The summed E-state index contributed by atoms with van der Waals surface area (Å²) < 4.78 is 34.0. The number of rotatable bonds is 6. The van der Waals surface area contributed by atoms with E-state index in [2.05, 4.69) is 10.1 Å². The fraction of sp³-hybridized carbons (Fsp3) is 0.316. The van der Waals surface area contributed by atoms with Gasteiger partial charge in [0.05, 0.1) is 5.69 Å². The van der Waals surface area contributed by atoms with Crippen molar-refractivity contribution >= 4 is 11.8 Å². The second-order valence-corrected chi connectivity index (χ2v) is 5.69. The first-order chi connectivity index (χ1) is 11.9. The van der Waals surface area contributed by atoms with Gasteiger partial charge in [0.2, 0.25) is 0 Å². The highest BCUT2D eigenvalue weighted by Gasteiger charge is 2.14. The van der Waals surface area contributed by atoms with Gasteiger partial charge >= 0.3 is 12.7 Å². The Balaban J connectivity index is 2.16. The second-order valence-electron chi connectivity index (χ2n) is 5.69. The highest BCUT2D eigenvalue weighted by atomic mass is 19.3. The molecule has 0 bridgehead atoms. The van der Waals surface area contributed by atoms with E-state index in [1.807, 2.05) is 45.0 Å². The molecule has 0 fully saturated rings. The molecule has 0 heterocycles. The molecule has 6 heteroatoms. The minimum absolute atomic E-state index is 0.193. The van der Waals surface area contributed by atoms with Gasteiger partial charge < -0.3 is 9.47 Å². The van der Waals surface area contributed by atoms with Gasteiger partial charge in [-0.15, -0.1) is 0 Å². The molecule has 1 amide bonds. The minimum Gasteiger partial charge on any atom is -0.489 e. The number of nitrogens with one attached hydrogen (secondary N) is 1. The number of hydrogen-bond acceptors (Lipinski definition) is 3. The van der Waals surface area contributed by atoms with Crippen LogP contribution in [0.15, 0.2) is 36.4 Å². The van der Waals surface area contributed by atoms with E-state index in [9.17, 15) is 13.6 Å². The third-order valence-corrected chi connectivity index (χ3v) is 3.73. The molecule has 0 saturated carbocycles. The first kappa shape index (κ1) is 18.7. The van der Waals surface area contributed by atoms with E-state index in [0.717, 1.165) is 28.9 Å². The van der Waals surface area contributed by atoms with Crippen LogP contribution in [0, 0.1) is 13.8 Å². The molecule has 0 atom stereocenters. The summed E-state index contributed by atoms with van der Waals surface area (Å²) in [6.07, 6.45) is -0.451. The molecule has 0 aromatic heterocycles. The van der Waals surface area contributed by atoms with Crippen LogP contribution in [-0.4, -0.2) is 12.7 Å². The molecule has 0 radical (unpaired) electrons. The molecule has 0 unspecified atom stereocenters. The molecule has 134 valence electrons. The molecule has 0 spiro atoms. The summed E-state index contributed by atoms with van der Waals surface area (Å²) in [6.45, 7) is 2.93. The zero-order valence-corrected chi connectivity index (χ0v) is 14.4. The number of ether oxygens (including phenoxy) is 2. The predicted molar refractivity (Wildman–Crippen MR) is 92.2 cm³/mol. The van der Waals surface area contributed by atoms with E-state index in [-0.39, 0.29) is 6.61 Å². The number of benzene rings is 2. The van der Waals surface area contributed by atoms with Crippen molar-refractivity contribution in [3.63, 3.8) is 0 Å². The van der Waals surface area contributed by atoms with E-state index < -0.39 is 12.7 Å². The molecular formula is C19H21F2NO3. The first-order valence-electron chi connectivity index (χ1n) is 7.96. The van der Waals surface area contributed by atoms with Gasteiger partial charge in [0.15, 0.2) is 0 Å². The molecular weight excluding hydrogens is 328 g/mol. The molecule has 1 N–H and O–H groups in total. The number of hydrogen-bond donors (Lipinski definition) is 1. The molecule has 0 aliphatic carbocycles. The van der Waals surface area contributed by atoms with Crippen LogP contribution in [0.3, 0.4) is 0 Å². The third-order valence-electron chi connectivity index (χ3n) is 3.73. The van der Waals surface area contributed by atoms with Crippen molar-refractivity contribution in [2.45, 2.75) is 40.4 Å². The summed E-state index contributed by atoms with van der Waals surface area (Å²) >= 11 is 0. The number of amides is 1. The van der Waals surface area contributed by atoms with Crippen LogP contribution in [0.25, 0.3) is 0 Å². The van der Waals surface area contributed by atoms with Crippen molar-refractivity contribution in [3.8, 4) is 5.75 Å². The van der Waals surface area contributed by atoms with Crippen molar-refractivity contribution in [3.05, 3.63) is 58.7 Å². The molecule has 4 nitrogen and oxygen atoms in total. The van der Waals surface area contributed by atoms with Crippen molar-refractivity contribution < 1.29 is 23.0 Å². The topological polar surface area (TPSA) is 47.6 Å². The number of aryl methyl sites for hydroxylation is 3. The molecule has 0 aliphatic heterocycles. The molecule has 25 heavy (non-hydrogen) atoms. The molecule has 0 saturated heterocycles. The number of anilines is 1. The van der Waals surface area contributed by atoms with Gasteiger partial charge in [0, 0.05) is 5.56 Å². The van der Waals surface area contributed by atoms with E-state index in [4.69, 9.17) is 4.74 Å². The van der Waals surface area contributed by atoms with Gasteiger partial charge in [0.25, 0.3) is 0 Å². The average Bonchev–Trinajstić information content (AvgIpc) is 2.54. The molecule has 0 aliphatic rings. The number of halogens is 2. The SMILES string of the molecule is CCc1ccc(COc2ccc(C)cc2C)c(NC(=O)OC(F)F)c1. The summed E-state index contributed by atoms with van der Waals surface area (Å²) in [5, 5.41) is 2.36. The van der Waals surface area contributed by atoms with Crippen LogP contribution in [0.2, 0.25) is 0 Å². The van der Waals surface area contributed by atoms with Crippen LogP contribution in [0.5, 0.6) is 5.75 Å². The zero-order valence-electron chi connectivity index (χ0n) is 14.4. The second kappa shape index (κ2) is 8.46. The van der Waals surface area contributed by atoms with Crippen LogP contribution in [0.4, 0.5) is 19.3 Å². The normalized spacial score (nSPS) is 10.6. The monoisotopic (exact) mass is 349 g/mol. The largest absolute Gasteiger partial charge is 0.489 e. The Bertz CT molecular complexity index is 747. The predicted octanol–water partition coefficient (Wildman–Crippen LogP) is 5.22.